The summed E-state index contributed by atoms with van der Waals surface area (Å²) in [5, 5.41) is 6.81. The number of nitrogens with one attached hydrogen (secondary N) is 2. The topological polar surface area (TPSA) is 54.9 Å². The lowest BCUT2D eigenvalue weighted by atomic mass is 9.78. The van der Waals surface area contributed by atoms with Gasteiger partial charge in [-0.1, -0.05) is 24.3 Å². The molecule has 0 aromatic heterocycles. The van der Waals surface area contributed by atoms with Crippen LogP contribution in [0.3, 0.4) is 0 Å². The predicted octanol–water partition coefficient (Wildman–Crippen LogP) is 2.94. The van der Waals surface area contributed by atoms with Gasteiger partial charge in [0.15, 0.2) is 5.96 Å². The second-order valence-electron chi connectivity index (χ2n) is 6.96. The molecule has 1 aromatic carbocycles. The van der Waals surface area contributed by atoms with E-state index in [-0.39, 0.29) is 24.0 Å². The molecule has 0 radical (unpaired) electrons. The quantitative estimate of drug-likeness (QED) is 0.264. The molecule has 1 unspecified atom stereocenters. The Morgan fingerprint density at radius 3 is 2.81 bits per heavy atom. The molecule has 1 aliphatic carbocycles. The number of halogens is 1. The van der Waals surface area contributed by atoms with Crippen molar-refractivity contribution >= 4 is 29.9 Å². The van der Waals surface area contributed by atoms with Crippen LogP contribution in [0.15, 0.2) is 29.3 Å². The molecule has 0 spiro atoms. The molecule has 2 N–H and O–H groups in total. The molecule has 2 aliphatic rings. The Morgan fingerprint density at radius 2 is 2.04 bits per heavy atom. The standard InChI is InChI=1S/C20H31N3O2.HI/c1-21-20(23-14-18-13-17-5-2-3-6-19(17)18)22-9-4-10-25-15-16-7-11-24-12-8-16;/h2-3,5-6,16,18H,4,7-15H2,1H3,(H2,21,22,23);1H. The summed E-state index contributed by atoms with van der Waals surface area (Å²) in [7, 11) is 1.83. The third-order valence-corrected chi connectivity index (χ3v) is 5.15. The molecular weight excluding hydrogens is 441 g/mol. The molecule has 1 aliphatic heterocycles. The van der Waals surface area contributed by atoms with Crippen LogP contribution in [0.25, 0.3) is 0 Å². The summed E-state index contributed by atoms with van der Waals surface area (Å²) >= 11 is 0. The minimum Gasteiger partial charge on any atom is -0.381 e. The van der Waals surface area contributed by atoms with E-state index in [1.54, 1.807) is 0 Å². The van der Waals surface area contributed by atoms with Crippen LogP contribution in [0, 0.1) is 5.92 Å². The van der Waals surface area contributed by atoms with E-state index in [4.69, 9.17) is 9.47 Å². The fourth-order valence-electron chi connectivity index (χ4n) is 3.53. The number of nitrogens with zero attached hydrogens (tertiary/aromatic N) is 1. The summed E-state index contributed by atoms with van der Waals surface area (Å²) in [6, 6.07) is 8.70. The zero-order valence-corrected chi connectivity index (χ0v) is 18.0. The highest BCUT2D eigenvalue weighted by atomic mass is 127. The van der Waals surface area contributed by atoms with Crippen LogP contribution in [0.5, 0.6) is 0 Å². The third kappa shape index (κ3) is 6.39. The van der Waals surface area contributed by atoms with Gasteiger partial charge in [-0.3, -0.25) is 4.99 Å². The molecule has 0 bridgehead atoms. The van der Waals surface area contributed by atoms with Gasteiger partial charge in [0.2, 0.25) is 0 Å². The average Bonchev–Trinajstić information content (AvgIpc) is 2.64. The second kappa shape index (κ2) is 11.8. The Kier molecular flexibility index (Phi) is 9.71. The molecule has 26 heavy (non-hydrogen) atoms. The van der Waals surface area contributed by atoms with Crippen molar-refractivity contribution in [3.05, 3.63) is 35.4 Å². The fourth-order valence-corrected chi connectivity index (χ4v) is 3.53. The Labute approximate surface area is 174 Å². The summed E-state index contributed by atoms with van der Waals surface area (Å²) < 4.78 is 11.2. The maximum atomic E-state index is 5.80. The highest BCUT2D eigenvalue weighted by molar-refractivity contribution is 14.0. The van der Waals surface area contributed by atoms with Crippen LogP contribution < -0.4 is 10.6 Å². The van der Waals surface area contributed by atoms with Crippen LogP contribution in [-0.4, -0.2) is 52.5 Å². The lowest BCUT2D eigenvalue weighted by Gasteiger charge is -2.30. The number of fused-ring (bicyclic) bond motifs is 1. The van der Waals surface area contributed by atoms with Gasteiger partial charge in [0.05, 0.1) is 0 Å². The van der Waals surface area contributed by atoms with E-state index in [0.717, 1.165) is 64.7 Å². The monoisotopic (exact) mass is 473 g/mol. The summed E-state index contributed by atoms with van der Waals surface area (Å²) in [5.74, 6) is 2.17. The zero-order valence-electron chi connectivity index (χ0n) is 15.7. The largest absolute Gasteiger partial charge is 0.381 e. The Balaban J connectivity index is 0.00000243. The zero-order chi connectivity index (χ0) is 17.3. The molecule has 146 valence electrons. The highest BCUT2D eigenvalue weighted by Gasteiger charge is 2.25. The van der Waals surface area contributed by atoms with Gasteiger partial charge >= 0.3 is 0 Å². The maximum Gasteiger partial charge on any atom is 0.190 e. The van der Waals surface area contributed by atoms with Gasteiger partial charge in [-0.05, 0) is 42.7 Å². The van der Waals surface area contributed by atoms with E-state index in [1.165, 1.54) is 17.5 Å². The van der Waals surface area contributed by atoms with E-state index in [2.05, 4.69) is 39.9 Å². The number of guanidine groups is 1. The van der Waals surface area contributed by atoms with Gasteiger partial charge in [-0.2, -0.15) is 0 Å². The van der Waals surface area contributed by atoms with Crippen molar-refractivity contribution in [2.75, 3.05) is 46.6 Å². The first-order valence-corrected chi connectivity index (χ1v) is 9.54. The molecule has 0 saturated carbocycles. The highest BCUT2D eigenvalue weighted by Crippen LogP contribution is 2.33. The number of rotatable bonds is 8. The predicted molar refractivity (Wildman–Crippen MR) is 117 cm³/mol. The summed E-state index contributed by atoms with van der Waals surface area (Å²) in [4.78, 5) is 4.31. The maximum absolute atomic E-state index is 5.80. The van der Waals surface area contributed by atoms with Crippen LogP contribution in [-0.2, 0) is 15.9 Å². The molecule has 0 amide bonds. The smallest absolute Gasteiger partial charge is 0.190 e. The Bertz CT molecular complexity index is 562. The van der Waals surface area contributed by atoms with E-state index in [9.17, 15) is 0 Å². The molecule has 1 saturated heterocycles. The molecule has 1 aromatic rings. The van der Waals surface area contributed by atoms with Gasteiger partial charge in [-0.15, -0.1) is 24.0 Å². The van der Waals surface area contributed by atoms with E-state index in [0.29, 0.717) is 11.8 Å². The van der Waals surface area contributed by atoms with Crippen LogP contribution >= 0.6 is 24.0 Å². The molecular formula is C20H32IN3O2. The first kappa shape index (κ1) is 21.4. The first-order valence-electron chi connectivity index (χ1n) is 9.54. The normalized spacial score (nSPS) is 19.9. The Morgan fingerprint density at radius 1 is 1.23 bits per heavy atom. The van der Waals surface area contributed by atoms with Crippen LogP contribution in [0.2, 0.25) is 0 Å². The van der Waals surface area contributed by atoms with E-state index >= 15 is 0 Å². The fraction of sp³-hybridized carbons (Fsp3) is 0.650. The second-order valence-corrected chi connectivity index (χ2v) is 6.96. The van der Waals surface area contributed by atoms with Crippen molar-refractivity contribution in [3.8, 4) is 0 Å². The van der Waals surface area contributed by atoms with Crippen LogP contribution in [0.1, 0.15) is 36.3 Å². The lowest BCUT2D eigenvalue weighted by molar-refractivity contribution is 0.0203. The van der Waals surface area contributed by atoms with Crippen molar-refractivity contribution in [2.24, 2.45) is 10.9 Å². The first-order chi connectivity index (χ1) is 12.4. The minimum atomic E-state index is 0. The van der Waals surface area contributed by atoms with Crippen LogP contribution in [0.4, 0.5) is 0 Å². The van der Waals surface area contributed by atoms with Crippen molar-refractivity contribution in [1.29, 1.82) is 0 Å². The number of ether oxygens (including phenoxy) is 2. The molecule has 1 fully saturated rings. The van der Waals surface area contributed by atoms with Gasteiger partial charge in [0, 0.05) is 52.5 Å². The van der Waals surface area contributed by atoms with Gasteiger partial charge in [0.25, 0.3) is 0 Å². The van der Waals surface area contributed by atoms with Crippen molar-refractivity contribution in [3.63, 3.8) is 0 Å². The third-order valence-electron chi connectivity index (χ3n) is 5.15. The average molecular weight is 473 g/mol. The van der Waals surface area contributed by atoms with Crippen molar-refractivity contribution < 1.29 is 9.47 Å². The lowest BCUT2D eigenvalue weighted by Crippen LogP contribution is -2.41. The van der Waals surface area contributed by atoms with Gasteiger partial charge < -0.3 is 20.1 Å². The molecule has 1 heterocycles. The summed E-state index contributed by atoms with van der Waals surface area (Å²) in [5.41, 5.74) is 2.96. The SMILES string of the molecule is CN=C(NCCCOCC1CCOCC1)NCC1Cc2ccccc21.I. The summed E-state index contributed by atoms with van der Waals surface area (Å²) in [6.07, 6.45) is 4.44. The van der Waals surface area contributed by atoms with Gasteiger partial charge in [-0.25, -0.2) is 0 Å². The number of benzene rings is 1. The number of hydrogen-bond donors (Lipinski definition) is 2. The molecule has 5 nitrogen and oxygen atoms in total. The van der Waals surface area contributed by atoms with E-state index in [1.807, 2.05) is 7.05 Å². The van der Waals surface area contributed by atoms with Gasteiger partial charge in [0.1, 0.15) is 0 Å². The molecule has 6 heteroatoms. The minimum absolute atomic E-state index is 0. The van der Waals surface area contributed by atoms with E-state index < -0.39 is 0 Å². The van der Waals surface area contributed by atoms with Crippen molar-refractivity contribution in [1.82, 2.24) is 10.6 Å². The molecule has 3 rings (SSSR count). The number of hydrogen-bond acceptors (Lipinski definition) is 3. The summed E-state index contributed by atoms with van der Waals surface area (Å²) in [6.45, 7) is 5.28. The number of aliphatic imine (C=N–C) groups is 1. The van der Waals surface area contributed by atoms with Crippen molar-refractivity contribution in [2.45, 2.75) is 31.6 Å². The Hall–Kier alpha value is -0.860. The molecule has 1 atom stereocenters.